The molecule has 0 spiro atoms. The van der Waals surface area contributed by atoms with Crippen LogP contribution in [0.4, 0.5) is 0 Å². The van der Waals surface area contributed by atoms with E-state index in [2.05, 4.69) is 20.1 Å². The molecule has 0 radical (unpaired) electrons. The number of benzene rings is 1. The molecule has 0 aliphatic carbocycles. The molecule has 0 saturated carbocycles. The van der Waals surface area contributed by atoms with Gasteiger partial charge in [0.25, 0.3) is 10.0 Å². The molecule has 0 aliphatic heterocycles. The lowest BCUT2D eigenvalue weighted by Crippen LogP contribution is -2.20. The fraction of sp³-hybridized carbons (Fsp3) is 0.267. The number of aromatic nitrogens is 2. The molecule has 9 heteroatoms. The summed E-state index contributed by atoms with van der Waals surface area (Å²) in [4.78, 5) is 13.8. The quantitative estimate of drug-likeness (QED) is 0.467. The van der Waals surface area contributed by atoms with E-state index >= 15 is 0 Å². The number of aryl methyl sites for hydroxylation is 1. The van der Waals surface area contributed by atoms with Crippen LogP contribution in [-0.2, 0) is 14.8 Å². The number of nitrogens with one attached hydrogen (secondary N) is 2. The average Bonchev–Trinajstić information content (AvgIpc) is 3.03. The predicted molar refractivity (Wildman–Crippen MR) is 88.3 cm³/mol. The maximum absolute atomic E-state index is 12.2. The Labute approximate surface area is 140 Å². The van der Waals surface area contributed by atoms with Crippen LogP contribution in [0.5, 0.6) is 0 Å². The third-order valence-electron chi connectivity index (χ3n) is 3.11. The Bertz CT molecular complexity index is 854. The summed E-state index contributed by atoms with van der Waals surface area (Å²) in [5.74, 6) is -0.538. The van der Waals surface area contributed by atoms with Gasteiger partial charge < -0.3 is 4.74 Å². The Hall–Kier alpha value is -2.68. The molecule has 2 N–H and O–H groups in total. The Morgan fingerprint density at radius 1 is 1.33 bits per heavy atom. The van der Waals surface area contributed by atoms with Gasteiger partial charge in [0.15, 0.2) is 0 Å². The first-order chi connectivity index (χ1) is 11.3. The van der Waals surface area contributed by atoms with Crippen molar-refractivity contribution in [2.45, 2.75) is 25.7 Å². The van der Waals surface area contributed by atoms with E-state index in [9.17, 15) is 13.2 Å². The molecule has 1 aromatic heterocycles. The zero-order chi connectivity index (χ0) is 17.7. The van der Waals surface area contributed by atoms with Crippen molar-refractivity contribution in [2.24, 2.45) is 5.10 Å². The third-order valence-corrected chi connectivity index (χ3v) is 4.33. The molecule has 1 heterocycles. The molecule has 8 nitrogen and oxygen atoms in total. The zero-order valence-electron chi connectivity index (χ0n) is 13.5. The van der Waals surface area contributed by atoms with Crippen molar-refractivity contribution >= 4 is 21.7 Å². The van der Waals surface area contributed by atoms with Crippen molar-refractivity contribution in [1.29, 1.82) is 0 Å². The van der Waals surface area contributed by atoms with Crippen LogP contribution in [0.2, 0.25) is 0 Å². The van der Waals surface area contributed by atoms with Gasteiger partial charge in [-0.3, -0.25) is 5.10 Å². The van der Waals surface area contributed by atoms with E-state index in [1.54, 1.807) is 26.0 Å². The van der Waals surface area contributed by atoms with Crippen LogP contribution in [0, 0.1) is 6.92 Å². The van der Waals surface area contributed by atoms with Crippen molar-refractivity contribution in [3.05, 3.63) is 47.3 Å². The Kier molecular flexibility index (Phi) is 5.35. The van der Waals surface area contributed by atoms with Gasteiger partial charge in [-0.1, -0.05) is 17.7 Å². The van der Waals surface area contributed by atoms with Gasteiger partial charge in [-0.05, 0) is 39.0 Å². The maximum Gasteiger partial charge on any atom is 0.356 e. The van der Waals surface area contributed by atoms with Crippen LogP contribution >= 0.6 is 0 Å². The van der Waals surface area contributed by atoms with Crippen molar-refractivity contribution in [1.82, 2.24) is 15.0 Å². The fourth-order valence-corrected chi connectivity index (χ4v) is 2.63. The van der Waals surface area contributed by atoms with Gasteiger partial charge >= 0.3 is 5.97 Å². The topological polar surface area (TPSA) is 114 Å². The highest BCUT2D eigenvalue weighted by molar-refractivity contribution is 7.89. The highest BCUT2D eigenvalue weighted by atomic mass is 32.2. The highest BCUT2D eigenvalue weighted by Gasteiger charge is 2.15. The smallest absolute Gasteiger partial charge is 0.356 e. The Balaban J connectivity index is 2.13. The number of sulfonamides is 1. The minimum atomic E-state index is -3.77. The number of carbonyl (C=O) groups is 1. The van der Waals surface area contributed by atoms with E-state index in [0.29, 0.717) is 11.4 Å². The first kappa shape index (κ1) is 17.7. The van der Waals surface area contributed by atoms with Gasteiger partial charge in [0.1, 0.15) is 11.4 Å². The van der Waals surface area contributed by atoms with Crippen molar-refractivity contribution in [3.8, 4) is 0 Å². The van der Waals surface area contributed by atoms with E-state index < -0.39 is 16.0 Å². The van der Waals surface area contributed by atoms with Gasteiger partial charge in [0.2, 0.25) is 0 Å². The third kappa shape index (κ3) is 4.19. The molecule has 0 aliphatic rings. The standard InChI is InChI=1S/C15H18N4O4S/c1-4-23-15(20)14-9-13(17-18-14)11(3)16-19-24(21,22)12-7-5-10(2)6-8-12/h5-9,19H,4H2,1-3H3,(H,17,18)/b16-11-. The highest BCUT2D eigenvalue weighted by Crippen LogP contribution is 2.10. The molecule has 0 atom stereocenters. The summed E-state index contributed by atoms with van der Waals surface area (Å²) in [5.41, 5.74) is 1.77. The van der Waals surface area contributed by atoms with Crippen LogP contribution in [-0.4, -0.2) is 36.9 Å². The lowest BCUT2D eigenvalue weighted by Gasteiger charge is -2.04. The van der Waals surface area contributed by atoms with Crippen LogP contribution < -0.4 is 4.83 Å². The molecule has 0 saturated heterocycles. The fourth-order valence-electron chi connectivity index (χ4n) is 1.78. The normalized spacial score (nSPS) is 12.0. The second-order valence-corrected chi connectivity index (χ2v) is 6.65. The van der Waals surface area contributed by atoms with Crippen molar-refractivity contribution in [3.63, 3.8) is 0 Å². The monoisotopic (exact) mass is 350 g/mol. The molecule has 128 valence electrons. The molecule has 0 fully saturated rings. The molecule has 2 aromatic rings. The molecule has 2 rings (SSSR count). The summed E-state index contributed by atoms with van der Waals surface area (Å²) in [6, 6.07) is 7.83. The molecular formula is C15H18N4O4S. The summed E-state index contributed by atoms with van der Waals surface area (Å²) >= 11 is 0. The lowest BCUT2D eigenvalue weighted by molar-refractivity contribution is 0.0519. The molecule has 24 heavy (non-hydrogen) atoms. The predicted octanol–water partition coefficient (Wildman–Crippen LogP) is 1.60. The van der Waals surface area contributed by atoms with E-state index in [0.717, 1.165) is 5.56 Å². The first-order valence-electron chi connectivity index (χ1n) is 7.19. The summed E-state index contributed by atoms with van der Waals surface area (Å²) in [7, 11) is -3.77. The van der Waals surface area contributed by atoms with E-state index in [4.69, 9.17) is 4.74 Å². The van der Waals surface area contributed by atoms with E-state index in [-0.39, 0.29) is 17.2 Å². The number of H-pyrrole nitrogens is 1. The van der Waals surface area contributed by atoms with Crippen LogP contribution in [0.1, 0.15) is 35.6 Å². The number of rotatable bonds is 6. The number of nitrogens with zero attached hydrogens (tertiary/aromatic N) is 2. The average molecular weight is 350 g/mol. The van der Waals surface area contributed by atoms with Crippen molar-refractivity contribution < 1.29 is 17.9 Å². The summed E-state index contributed by atoms with van der Waals surface area (Å²) in [6.07, 6.45) is 0. The van der Waals surface area contributed by atoms with Gasteiger partial charge in [0.05, 0.1) is 17.2 Å². The first-order valence-corrected chi connectivity index (χ1v) is 8.67. The van der Waals surface area contributed by atoms with Gasteiger partial charge in [-0.15, -0.1) is 0 Å². The van der Waals surface area contributed by atoms with E-state index in [1.165, 1.54) is 18.2 Å². The second-order valence-electron chi connectivity index (χ2n) is 4.99. The number of hydrazone groups is 1. The number of ether oxygens (including phenoxy) is 1. The van der Waals surface area contributed by atoms with Crippen LogP contribution in [0.15, 0.2) is 40.3 Å². The lowest BCUT2D eigenvalue weighted by atomic mass is 10.2. The Morgan fingerprint density at radius 3 is 2.62 bits per heavy atom. The molecule has 0 bridgehead atoms. The van der Waals surface area contributed by atoms with Crippen LogP contribution in [0.3, 0.4) is 0 Å². The molecule has 0 unspecified atom stereocenters. The Morgan fingerprint density at radius 2 is 2.00 bits per heavy atom. The number of carbonyl (C=O) groups excluding carboxylic acids is 1. The summed E-state index contributed by atoms with van der Waals surface area (Å²) in [6.45, 7) is 5.38. The van der Waals surface area contributed by atoms with Gasteiger partial charge in [-0.2, -0.15) is 23.4 Å². The maximum atomic E-state index is 12.2. The van der Waals surface area contributed by atoms with Gasteiger partial charge in [0, 0.05) is 0 Å². The number of hydrogen-bond acceptors (Lipinski definition) is 6. The largest absolute Gasteiger partial charge is 0.461 e. The van der Waals surface area contributed by atoms with Gasteiger partial charge in [-0.25, -0.2) is 4.79 Å². The SMILES string of the molecule is CCOC(=O)c1cc(/C(C)=N\NS(=O)(=O)c2ccc(C)cc2)n[nH]1. The van der Waals surface area contributed by atoms with Crippen LogP contribution in [0.25, 0.3) is 0 Å². The molecule has 1 aromatic carbocycles. The number of esters is 1. The summed E-state index contributed by atoms with van der Waals surface area (Å²) in [5, 5.41) is 10.3. The van der Waals surface area contributed by atoms with Crippen molar-refractivity contribution in [2.75, 3.05) is 6.61 Å². The minimum Gasteiger partial charge on any atom is -0.461 e. The zero-order valence-corrected chi connectivity index (χ0v) is 14.3. The molecule has 0 amide bonds. The molecular weight excluding hydrogens is 332 g/mol. The minimum absolute atomic E-state index is 0.110. The second kappa shape index (κ2) is 7.26. The summed E-state index contributed by atoms with van der Waals surface area (Å²) < 4.78 is 29.2. The number of hydrogen-bond donors (Lipinski definition) is 2. The van der Waals surface area contributed by atoms with E-state index in [1.807, 2.05) is 6.92 Å². The number of aromatic amines is 1.